The van der Waals surface area contributed by atoms with Crippen LogP contribution in [0.4, 0.5) is 48.3 Å². The van der Waals surface area contributed by atoms with Crippen LogP contribution in [0.3, 0.4) is 0 Å². The van der Waals surface area contributed by atoms with E-state index < -0.39 is 47.0 Å². The third kappa shape index (κ3) is 8.15. The molecule has 0 aliphatic heterocycles. The van der Waals surface area contributed by atoms with Gasteiger partial charge in [0.2, 0.25) is 6.33 Å². The van der Waals surface area contributed by atoms with Crippen LogP contribution in [0.2, 0.25) is 0 Å². The molecule has 0 spiro atoms. The molecule has 1 aromatic heterocycles. The molecular formula is C9H7F11N2O3S. The number of hydrogen-bond donors (Lipinski definition) is 0. The van der Waals surface area contributed by atoms with Gasteiger partial charge in [0.25, 0.3) is 0 Å². The zero-order valence-corrected chi connectivity index (χ0v) is 12.6. The molecule has 17 heteroatoms. The highest BCUT2D eigenvalue weighted by Crippen LogP contribution is 2.35. The van der Waals surface area contributed by atoms with Crippen molar-refractivity contribution in [1.29, 1.82) is 0 Å². The highest BCUT2D eigenvalue weighted by atomic mass is 32.2. The molecule has 0 amide bonds. The lowest BCUT2D eigenvalue weighted by Gasteiger charge is -2.17. The number of rotatable bonds is 3. The van der Waals surface area contributed by atoms with E-state index >= 15 is 0 Å². The van der Waals surface area contributed by atoms with E-state index in [0.29, 0.717) is 21.7 Å². The van der Waals surface area contributed by atoms with Crippen LogP contribution in [0.25, 0.3) is 0 Å². The molecule has 0 N–H and O–H groups in total. The highest BCUT2D eigenvalue weighted by molar-refractivity contribution is 7.86. The maximum atomic E-state index is 12.6. The molecule has 1 heterocycles. The van der Waals surface area contributed by atoms with Crippen LogP contribution in [-0.4, -0.2) is 41.3 Å². The number of halogens is 11. The van der Waals surface area contributed by atoms with Crippen molar-refractivity contribution in [2.75, 3.05) is 0 Å². The first-order valence-corrected chi connectivity index (χ1v) is 7.15. The zero-order valence-electron chi connectivity index (χ0n) is 11.8. The third-order valence-electron chi connectivity index (χ3n) is 2.19. The van der Waals surface area contributed by atoms with Crippen LogP contribution >= 0.6 is 0 Å². The van der Waals surface area contributed by atoms with Gasteiger partial charge in [0.05, 0.1) is 0 Å². The highest BCUT2D eigenvalue weighted by Gasteiger charge is 2.59. The van der Waals surface area contributed by atoms with Gasteiger partial charge in [0.15, 0.2) is 23.2 Å². The Bertz CT molecular complexity index is 687. The second-order valence-electron chi connectivity index (χ2n) is 4.48. The van der Waals surface area contributed by atoms with Crippen molar-refractivity contribution in [3.63, 3.8) is 0 Å². The number of imidazole rings is 1. The van der Waals surface area contributed by atoms with Gasteiger partial charge in [0, 0.05) is 0 Å². The summed E-state index contributed by atoms with van der Waals surface area (Å²) in [5.41, 5.74) is -5.65. The molecule has 5 nitrogen and oxygen atoms in total. The Kier molecular flexibility index (Phi) is 7.05. The Labute approximate surface area is 137 Å². The molecule has 0 bridgehead atoms. The molecule has 0 atom stereocenters. The molecule has 0 aromatic carbocycles. The third-order valence-corrected chi connectivity index (χ3v) is 2.75. The summed E-state index contributed by atoms with van der Waals surface area (Å²) in [5, 5.41) is 0. The quantitative estimate of drug-likeness (QED) is 0.319. The van der Waals surface area contributed by atoms with Gasteiger partial charge in [-0.2, -0.15) is 48.3 Å². The summed E-state index contributed by atoms with van der Waals surface area (Å²) < 4.78 is 156. The van der Waals surface area contributed by atoms with Crippen molar-refractivity contribution < 1.29 is 65.8 Å². The average Bonchev–Trinajstić information content (AvgIpc) is 2.69. The Morgan fingerprint density at radius 2 is 1.35 bits per heavy atom. The molecule has 0 saturated heterocycles. The summed E-state index contributed by atoms with van der Waals surface area (Å²) in [6.45, 7) is -3.22. The second kappa shape index (κ2) is 7.53. The molecule has 26 heavy (non-hydrogen) atoms. The topological polar surface area (TPSA) is 66.0 Å². The van der Waals surface area contributed by atoms with E-state index in [9.17, 15) is 48.3 Å². The molecule has 1 rings (SSSR count). The summed E-state index contributed by atoms with van der Waals surface area (Å²) in [6.07, 6.45) is -8.31. The van der Waals surface area contributed by atoms with Crippen LogP contribution in [0.1, 0.15) is 0 Å². The minimum absolute atomic E-state index is 0.346. The largest absolute Gasteiger partial charge is 0.741 e. The molecule has 0 aliphatic rings. The Morgan fingerprint density at radius 3 is 1.65 bits per heavy atom. The fourth-order valence-corrected chi connectivity index (χ4v) is 1.15. The van der Waals surface area contributed by atoms with Crippen LogP contribution in [-0.2, 0) is 23.2 Å². The monoisotopic (exact) mass is 432 g/mol. The maximum absolute atomic E-state index is 12.6. The van der Waals surface area contributed by atoms with Gasteiger partial charge in [-0.1, -0.05) is 0 Å². The van der Waals surface area contributed by atoms with Crippen molar-refractivity contribution in [3.05, 3.63) is 18.7 Å². The summed E-state index contributed by atoms with van der Waals surface area (Å²) >= 11 is 0. The number of nitrogens with zero attached hydrogens (tertiary/aromatic N) is 2. The molecular weight excluding hydrogens is 425 g/mol. The van der Waals surface area contributed by atoms with Crippen LogP contribution < -0.4 is 4.57 Å². The SMILES string of the molecule is FC(F)(F)Cn1cc[n+](CC(F)(F)C(F)(F)F)c1.O=S(=O)([O-])C(F)(F)F. The minimum Gasteiger partial charge on any atom is -0.741 e. The Morgan fingerprint density at radius 1 is 0.923 bits per heavy atom. The van der Waals surface area contributed by atoms with Crippen molar-refractivity contribution in [3.8, 4) is 0 Å². The van der Waals surface area contributed by atoms with Crippen molar-refractivity contribution >= 4 is 10.1 Å². The number of hydrogen-bond acceptors (Lipinski definition) is 3. The van der Waals surface area contributed by atoms with Gasteiger partial charge >= 0.3 is 23.8 Å². The predicted octanol–water partition coefficient (Wildman–Crippen LogP) is 2.59. The van der Waals surface area contributed by atoms with E-state index in [1.807, 2.05) is 0 Å². The van der Waals surface area contributed by atoms with Gasteiger partial charge in [0.1, 0.15) is 12.4 Å². The predicted molar refractivity (Wildman–Crippen MR) is 57.4 cm³/mol. The van der Waals surface area contributed by atoms with Gasteiger partial charge in [-0.25, -0.2) is 17.6 Å². The molecule has 0 aliphatic carbocycles. The van der Waals surface area contributed by atoms with Crippen molar-refractivity contribution in [2.45, 2.75) is 36.9 Å². The number of aromatic nitrogens is 2. The smallest absolute Gasteiger partial charge is 0.485 e. The van der Waals surface area contributed by atoms with Crippen LogP contribution in [0, 0.1) is 0 Å². The molecule has 0 radical (unpaired) electrons. The Balaban J connectivity index is 0.000000660. The zero-order chi connectivity index (χ0) is 21.2. The fourth-order valence-electron chi connectivity index (χ4n) is 1.15. The lowest BCUT2D eigenvalue weighted by Crippen LogP contribution is -2.50. The van der Waals surface area contributed by atoms with Crippen LogP contribution in [0.15, 0.2) is 18.7 Å². The van der Waals surface area contributed by atoms with Gasteiger partial charge in [-0.3, -0.25) is 0 Å². The normalized spacial score (nSPS) is 14.0. The molecule has 0 saturated carbocycles. The second-order valence-corrected chi connectivity index (χ2v) is 5.85. The first-order chi connectivity index (χ1) is 11.2. The first-order valence-electron chi connectivity index (χ1n) is 5.74. The van der Waals surface area contributed by atoms with Crippen molar-refractivity contribution in [2.24, 2.45) is 0 Å². The molecule has 1 aromatic rings. The van der Waals surface area contributed by atoms with Crippen molar-refractivity contribution in [1.82, 2.24) is 4.57 Å². The maximum Gasteiger partial charge on any atom is 0.485 e. The van der Waals surface area contributed by atoms with Gasteiger partial charge in [-0.15, -0.1) is 0 Å². The summed E-state index contributed by atoms with van der Waals surface area (Å²) in [5.74, 6) is -5.00. The van der Waals surface area contributed by atoms with E-state index in [1.165, 1.54) is 0 Å². The molecule has 154 valence electrons. The average molecular weight is 432 g/mol. The van der Waals surface area contributed by atoms with E-state index in [4.69, 9.17) is 13.0 Å². The summed E-state index contributed by atoms with van der Waals surface area (Å²) in [7, 11) is -6.09. The number of alkyl halides is 11. The standard InChI is InChI=1S/C8H7F8N2.CHF3O3S/c9-6(10,8(14,15)16)3-17-1-2-18(5-17)4-7(11,12)13;2-1(3,4)8(5,6)7/h1-2,5H,3-4H2;(H,5,6,7)/q+1;/p-1. The minimum atomic E-state index is -6.09. The van der Waals surface area contributed by atoms with E-state index in [1.54, 1.807) is 0 Å². The Hall–Kier alpha value is -1.65. The molecule has 0 unspecified atom stereocenters. The first kappa shape index (κ1) is 24.3. The summed E-state index contributed by atoms with van der Waals surface area (Å²) in [4.78, 5) is 0. The lowest BCUT2D eigenvalue weighted by atomic mass is 10.3. The van der Waals surface area contributed by atoms with E-state index in [-0.39, 0.29) is 0 Å². The summed E-state index contributed by atoms with van der Waals surface area (Å²) in [6, 6.07) is 0. The van der Waals surface area contributed by atoms with Crippen LogP contribution in [0.5, 0.6) is 0 Å². The lowest BCUT2D eigenvalue weighted by molar-refractivity contribution is -0.719. The van der Waals surface area contributed by atoms with E-state index in [2.05, 4.69) is 0 Å². The van der Waals surface area contributed by atoms with Gasteiger partial charge in [-0.05, 0) is 0 Å². The fraction of sp³-hybridized carbons (Fsp3) is 0.667. The van der Waals surface area contributed by atoms with E-state index in [0.717, 1.165) is 6.20 Å². The molecule has 0 fully saturated rings. The van der Waals surface area contributed by atoms with Gasteiger partial charge < -0.3 is 4.55 Å².